The highest BCUT2D eigenvalue weighted by atomic mass is 35.5. The molecule has 2 heterocycles. The van der Waals surface area contributed by atoms with Crippen LogP contribution in [0.1, 0.15) is 23.0 Å². The van der Waals surface area contributed by atoms with Gasteiger partial charge < -0.3 is 0 Å². The molecule has 0 aromatic carbocycles. The molecule has 0 N–H and O–H groups in total. The smallest absolute Gasteiger partial charge is 0.173 e. The first-order valence-corrected chi connectivity index (χ1v) is 5.14. The molecule has 2 rings (SSSR count). The first-order chi connectivity index (χ1) is 7.77. The molecule has 2 aromatic heterocycles. The maximum atomic E-state index is 10.9. The summed E-state index contributed by atoms with van der Waals surface area (Å²) in [6.45, 7) is 1.91. The third-order valence-electron chi connectivity index (χ3n) is 2.16. The molecule has 0 saturated heterocycles. The van der Waals surface area contributed by atoms with Crippen LogP contribution in [0.3, 0.4) is 0 Å². The van der Waals surface area contributed by atoms with E-state index in [0.717, 1.165) is 0 Å². The van der Waals surface area contributed by atoms with E-state index in [0.29, 0.717) is 29.8 Å². The zero-order valence-corrected chi connectivity index (χ0v) is 9.35. The maximum absolute atomic E-state index is 10.9. The number of hydrogen-bond donors (Lipinski definition) is 0. The number of aryl methyl sites for hydroxylation is 1. The second-order valence-corrected chi connectivity index (χ2v) is 3.46. The molecular formula is C10H9ClN4O. The van der Waals surface area contributed by atoms with Crippen molar-refractivity contribution in [3.05, 3.63) is 35.0 Å². The molecule has 0 bridgehead atoms. The Morgan fingerprint density at radius 3 is 2.81 bits per heavy atom. The van der Waals surface area contributed by atoms with Crippen LogP contribution >= 0.6 is 11.6 Å². The Morgan fingerprint density at radius 1 is 1.50 bits per heavy atom. The van der Waals surface area contributed by atoms with Gasteiger partial charge in [0.15, 0.2) is 12.1 Å². The second-order valence-electron chi connectivity index (χ2n) is 3.10. The Balaban J connectivity index is 2.59. The van der Waals surface area contributed by atoms with Gasteiger partial charge in [0.25, 0.3) is 0 Å². The molecule has 0 spiro atoms. The highest BCUT2D eigenvalue weighted by Gasteiger charge is 2.15. The van der Waals surface area contributed by atoms with Gasteiger partial charge in [0.1, 0.15) is 5.15 Å². The second kappa shape index (κ2) is 4.40. The van der Waals surface area contributed by atoms with E-state index in [2.05, 4.69) is 15.1 Å². The zero-order chi connectivity index (χ0) is 11.5. The van der Waals surface area contributed by atoms with Crippen molar-refractivity contribution < 1.29 is 4.79 Å². The summed E-state index contributed by atoms with van der Waals surface area (Å²) in [6.07, 6.45) is 5.98. The summed E-state index contributed by atoms with van der Waals surface area (Å²) in [5.41, 5.74) is 1.07. The predicted molar refractivity (Wildman–Crippen MR) is 58.9 cm³/mol. The highest BCUT2D eigenvalue weighted by Crippen LogP contribution is 2.21. The summed E-state index contributed by atoms with van der Waals surface area (Å²) in [5.74, 6) is 0.496. The number of carbonyl (C=O) groups excluding carboxylic acids is 1. The fourth-order valence-electron chi connectivity index (χ4n) is 1.38. The molecule has 0 fully saturated rings. The molecule has 5 nitrogen and oxygen atoms in total. The number of halogens is 1. The lowest BCUT2D eigenvalue weighted by Crippen LogP contribution is -2.00. The van der Waals surface area contributed by atoms with Gasteiger partial charge in [-0.2, -0.15) is 5.10 Å². The van der Waals surface area contributed by atoms with Crippen molar-refractivity contribution in [1.82, 2.24) is 19.7 Å². The van der Waals surface area contributed by atoms with Gasteiger partial charge in [-0.1, -0.05) is 18.5 Å². The van der Waals surface area contributed by atoms with Gasteiger partial charge in [0, 0.05) is 12.4 Å². The molecule has 82 valence electrons. The van der Waals surface area contributed by atoms with E-state index < -0.39 is 0 Å². The van der Waals surface area contributed by atoms with Crippen LogP contribution in [0.2, 0.25) is 5.15 Å². The van der Waals surface area contributed by atoms with Crippen LogP contribution in [0, 0.1) is 0 Å². The van der Waals surface area contributed by atoms with Gasteiger partial charge >= 0.3 is 0 Å². The normalized spacial score (nSPS) is 10.4. The summed E-state index contributed by atoms with van der Waals surface area (Å²) in [5, 5.41) is 4.49. The minimum atomic E-state index is 0.271. The molecule has 0 aliphatic heterocycles. The molecule has 0 atom stereocenters. The van der Waals surface area contributed by atoms with Crippen molar-refractivity contribution in [2.24, 2.45) is 0 Å². The fraction of sp³-hybridized carbons (Fsp3) is 0.200. The van der Waals surface area contributed by atoms with Gasteiger partial charge in [-0.05, 0) is 6.42 Å². The molecule has 0 unspecified atom stereocenters. The van der Waals surface area contributed by atoms with Gasteiger partial charge in [-0.25, -0.2) is 9.67 Å². The number of rotatable bonds is 3. The van der Waals surface area contributed by atoms with E-state index >= 15 is 0 Å². The first kappa shape index (κ1) is 10.8. The summed E-state index contributed by atoms with van der Waals surface area (Å²) in [6, 6.07) is 0. The van der Waals surface area contributed by atoms with E-state index in [1.807, 2.05) is 6.92 Å². The van der Waals surface area contributed by atoms with Gasteiger partial charge in [0.2, 0.25) is 0 Å². The van der Waals surface area contributed by atoms with Crippen LogP contribution in [0.25, 0.3) is 5.82 Å². The molecule has 0 aliphatic carbocycles. The lowest BCUT2D eigenvalue weighted by atomic mass is 10.2. The quantitative estimate of drug-likeness (QED) is 0.761. The topological polar surface area (TPSA) is 60.7 Å². The molecule has 0 aliphatic rings. The monoisotopic (exact) mass is 236 g/mol. The Hall–Kier alpha value is -1.75. The van der Waals surface area contributed by atoms with Crippen LogP contribution < -0.4 is 0 Å². The lowest BCUT2D eigenvalue weighted by Gasteiger charge is -1.99. The number of aldehydes is 1. The SMILES string of the molecule is CCc1nn(-c2cnccn2)c(Cl)c1C=O. The van der Waals surface area contributed by atoms with E-state index in [1.54, 1.807) is 12.4 Å². The number of nitrogens with zero attached hydrogens (tertiary/aromatic N) is 4. The number of hydrogen-bond acceptors (Lipinski definition) is 4. The maximum Gasteiger partial charge on any atom is 0.173 e. The largest absolute Gasteiger partial charge is 0.298 e. The first-order valence-electron chi connectivity index (χ1n) is 4.77. The van der Waals surface area contributed by atoms with E-state index in [9.17, 15) is 4.79 Å². The van der Waals surface area contributed by atoms with Crippen molar-refractivity contribution in [3.63, 3.8) is 0 Å². The molecule has 0 saturated carbocycles. The Morgan fingerprint density at radius 2 is 2.31 bits per heavy atom. The average molecular weight is 237 g/mol. The van der Waals surface area contributed by atoms with E-state index in [4.69, 9.17) is 11.6 Å². The third kappa shape index (κ3) is 1.69. The van der Waals surface area contributed by atoms with Gasteiger partial charge in [0.05, 0.1) is 17.5 Å². The van der Waals surface area contributed by atoms with Crippen molar-refractivity contribution in [1.29, 1.82) is 0 Å². The van der Waals surface area contributed by atoms with Crippen molar-refractivity contribution in [3.8, 4) is 5.82 Å². The standard InChI is InChI=1S/C10H9ClN4O/c1-2-8-7(6-16)10(11)15(14-8)9-5-12-3-4-13-9/h3-6H,2H2,1H3. The fourth-order valence-corrected chi connectivity index (χ4v) is 1.66. The van der Waals surface area contributed by atoms with E-state index in [-0.39, 0.29) is 5.15 Å². The van der Waals surface area contributed by atoms with Crippen molar-refractivity contribution in [2.75, 3.05) is 0 Å². The minimum Gasteiger partial charge on any atom is -0.298 e. The number of aromatic nitrogens is 4. The Bertz CT molecular complexity index is 509. The molecular weight excluding hydrogens is 228 g/mol. The lowest BCUT2D eigenvalue weighted by molar-refractivity contribution is 0.112. The van der Waals surface area contributed by atoms with E-state index in [1.165, 1.54) is 10.9 Å². The summed E-state index contributed by atoms with van der Waals surface area (Å²) >= 11 is 6.04. The van der Waals surface area contributed by atoms with Crippen LogP contribution in [-0.4, -0.2) is 26.0 Å². The zero-order valence-electron chi connectivity index (χ0n) is 8.59. The molecule has 2 aromatic rings. The van der Waals surface area contributed by atoms with Crippen LogP contribution in [-0.2, 0) is 6.42 Å². The average Bonchev–Trinajstić information content (AvgIpc) is 2.66. The molecule has 0 radical (unpaired) electrons. The highest BCUT2D eigenvalue weighted by molar-refractivity contribution is 6.32. The van der Waals surface area contributed by atoms with Gasteiger partial charge in [-0.15, -0.1) is 0 Å². The van der Waals surface area contributed by atoms with Crippen molar-refractivity contribution >= 4 is 17.9 Å². The van der Waals surface area contributed by atoms with Gasteiger partial charge in [-0.3, -0.25) is 9.78 Å². The van der Waals surface area contributed by atoms with Crippen molar-refractivity contribution in [2.45, 2.75) is 13.3 Å². The minimum absolute atomic E-state index is 0.271. The number of carbonyl (C=O) groups is 1. The summed E-state index contributed by atoms with van der Waals surface area (Å²) < 4.78 is 1.41. The molecule has 0 amide bonds. The Labute approximate surface area is 97.1 Å². The molecule has 6 heteroatoms. The summed E-state index contributed by atoms with van der Waals surface area (Å²) in [7, 11) is 0. The van der Waals surface area contributed by atoms with Crippen LogP contribution in [0.15, 0.2) is 18.6 Å². The predicted octanol–water partition coefficient (Wildman–Crippen LogP) is 1.69. The van der Waals surface area contributed by atoms with Crippen LogP contribution in [0.4, 0.5) is 0 Å². The third-order valence-corrected chi connectivity index (χ3v) is 2.52. The Kier molecular flexibility index (Phi) is 2.96. The van der Waals surface area contributed by atoms with Crippen LogP contribution in [0.5, 0.6) is 0 Å². The molecule has 16 heavy (non-hydrogen) atoms. The summed E-state index contributed by atoms with van der Waals surface area (Å²) in [4.78, 5) is 18.9.